The van der Waals surface area contributed by atoms with Crippen LogP contribution in [0, 0.1) is 10.1 Å². The lowest BCUT2D eigenvalue weighted by Gasteiger charge is -2.04. The van der Waals surface area contributed by atoms with Gasteiger partial charge in [-0.05, 0) is 32.6 Å². The highest BCUT2D eigenvalue weighted by Crippen LogP contribution is 2.34. The highest BCUT2D eigenvalue weighted by atomic mass is 16.6. The molecule has 1 N–H and O–H groups in total. The van der Waals surface area contributed by atoms with Gasteiger partial charge >= 0.3 is 5.69 Å². The van der Waals surface area contributed by atoms with E-state index in [1.165, 1.54) is 10.9 Å². The van der Waals surface area contributed by atoms with Crippen molar-refractivity contribution in [2.75, 3.05) is 0 Å². The van der Waals surface area contributed by atoms with Crippen molar-refractivity contribution in [3.05, 3.63) is 65.0 Å². The highest BCUT2D eigenvalue weighted by Gasteiger charge is 2.26. The van der Waals surface area contributed by atoms with Crippen LogP contribution in [0.5, 0.6) is 0 Å². The number of hydrogen-bond donors (Lipinski definition) is 1. The Labute approximate surface area is 163 Å². The first-order chi connectivity index (χ1) is 13.2. The van der Waals surface area contributed by atoms with Crippen molar-refractivity contribution in [1.29, 1.82) is 0 Å². The number of hydrogen-bond acceptors (Lipinski definition) is 5. The summed E-state index contributed by atoms with van der Waals surface area (Å²) in [5.41, 5.74) is 2.60. The minimum atomic E-state index is -0.489. The lowest BCUT2D eigenvalue weighted by Crippen LogP contribution is -2.00. The smallest absolute Gasteiger partial charge is 0.318 e. The molecule has 2 heterocycles. The zero-order chi connectivity index (χ0) is 21.0. The average molecular weight is 380 g/mol. The van der Waals surface area contributed by atoms with Crippen LogP contribution >= 0.6 is 0 Å². The fourth-order valence-electron chi connectivity index (χ4n) is 2.35. The molecule has 0 aliphatic carbocycles. The Hall–Kier alpha value is -3.55. The summed E-state index contributed by atoms with van der Waals surface area (Å²) >= 11 is 0. The van der Waals surface area contributed by atoms with E-state index in [4.69, 9.17) is 0 Å². The van der Waals surface area contributed by atoms with Gasteiger partial charge in [0.25, 0.3) is 0 Å². The molecule has 0 amide bonds. The van der Waals surface area contributed by atoms with Crippen molar-refractivity contribution in [2.24, 2.45) is 4.99 Å². The monoisotopic (exact) mass is 380 g/mol. The summed E-state index contributed by atoms with van der Waals surface area (Å²) in [5.74, 6) is 0.497. The number of nitro groups is 1. The molecule has 28 heavy (non-hydrogen) atoms. The number of rotatable bonds is 9. The van der Waals surface area contributed by atoms with Crippen molar-refractivity contribution in [2.45, 2.75) is 33.2 Å². The number of aliphatic imine (C=N–C) groups is 1. The van der Waals surface area contributed by atoms with E-state index in [1.807, 2.05) is 26.8 Å². The Morgan fingerprint density at radius 3 is 2.61 bits per heavy atom. The van der Waals surface area contributed by atoms with Gasteiger partial charge in [-0.15, -0.1) is 0 Å². The molecule has 0 atom stereocenters. The second-order valence-corrected chi connectivity index (χ2v) is 6.48. The Bertz CT molecular complexity index is 991. The number of H-pyrrole nitrogens is 1. The number of aromatic nitrogens is 4. The van der Waals surface area contributed by atoms with Gasteiger partial charge in [-0.1, -0.05) is 44.4 Å². The Morgan fingerprint density at radius 2 is 2.07 bits per heavy atom. The van der Waals surface area contributed by atoms with Gasteiger partial charge in [0.2, 0.25) is 5.69 Å². The zero-order valence-electron chi connectivity index (χ0n) is 16.4. The minimum absolute atomic E-state index is 0.0366. The Kier molecular flexibility index (Phi) is 6.25. The highest BCUT2D eigenvalue weighted by molar-refractivity contribution is 5.84. The molecule has 0 saturated carbocycles. The van der Waals surface area contributed by atoms with E-state index in [-0.39, 0.29) is 29.1 Å². The van der Waals surface area contributed by atoms with Crippen LogP contribution < -0.4 is 0 Å². The predicted molar refractivity (Wildman–Crippen MR) is 113 cm³/mol. The second kappa shape index (κ2) is 8.43. The van der Waals surface area contributed by atoms with Gasteiger partial charge in [0.15, 0.2) is 11.6 Å². The molecule has 0 unspecified atom stereocenters. The molecule has 0 spiro atoms. The van der Waals surface area contributed by atoms with E-state index in [0.717, 1.165) is 12.0 Å². The van der Waals surface area contributed by atoms with Crippen LogP contribution in [0.15, 0.2) is 54.2 Å². The van der Waals surface area contributed by atoms with Gasteiger partial charge in [-0.2, -0.15) is 5.10 Å². The molecule has 8 nitrogen and oxygen atoms in total. The largest absolute Gasteiger partial charge is 0.334 e. The standard InChI is InChI=1S/C20H24N6O2/c1-8-13(4)9-10-14(5)15(6)17-19(21-7)23-20(22-17)18-16(26(27)28)11-25(24-18)12(2)3/h9-12H,4-8H2,1-3H3,(H,22,23)/b10-9-. The predicted octanol–water partition coefficient (Wildman–Crippen LogP) is 5.19. The molecular weight excluding hydrogens is 356 g/mol. The summed E-state index contributed by atoms with van der Waals surface area (Å²) in [6.07, 6.45) is 5.88. The van der Waals surface area contributed by atoms with E-state index < -0.39 is 4.92 Å². The number of nitrogens with zero attached hydrogens (tertiary/aromatic N) is 5. The fraction of sp³-hybridized carbons (Fsp3) is 0.250. The second-order valence-electron chi connectivity index (χ2n) is 6.48. The molecule has 2 aromatic rings. The first-order valence-electron chi connectivity index (χ1n) is 8.74. The average Bonchev–Trinajstić information content (AvgIpc) is 3.29. The lowest BCUT2D eigenvalue weighted by molar-refractivity contribution is -0.384. The molecule has 2 rings (SSSR count). The molecule has 0 bridgehead atoms. The number of imidazole rings is 1. The van der Waals surface area contributed by atoms with Gasteiger partial charge in [0.1, 0.15) is 6.20 Å². The molecule has 0 aliphatic heterocycles. The fourth-order valence-corrected chi connectivity index (χ4v) is 2.35. The SMILES string of the molecule is C=Nc1nc(-c2nn(C(C)C)cc2[N+](=O)[O-])[nH]c1C(=C)C(=C)/C=C\C(=C)CC. The van der Waals surface area contributed by atoms with Crippen LogP contribution in [-0.4, -0.2) is 31.4 Å². The summed E-state index contributed by atoms with van der Waals surface area (Å²) in [4.78, 5) is 22.2. The van der Waals surface area contributed by atoms with Crippen LogP contribution in [-0.2, 0) is 0 Å². The van der Waals surface area contributed by atoms with Crippen molar-refractivity contribution in [3.8, 4) is 11.5 Å². The quantitative estimate of drug-likeness (QED) is 0.280. The molecule has 0 aromatic carbocycles. The van der Waals surface area contributed by atoms with Gasteiger partial charge < -0.3 is 4.98 Å². The van der Waals surface area contributed by atoms with Gasteiger partial charge in [-0.3, -0.25) is 14.8 Å². The molecule has 2 aromatic heterocycles. The summed E-state index contributed by atoms with van der Waals surface area (Å²) in [6, 6.07) is -0.0366. The van der Waals surface area contributed by atoms with Crippen molar-refractivity contribution >= 4 is 23.8 Å². The summed E-state index contributed by atoms with van der Waals surface area (Å²) in [5, 5.41) is 15.7. The zero-order valence-corrected chi connectivity index (χ0v) is 16.4. The van der Waals surface area contributed by atoms with E-state index >= 15 is 0 Å². The third-order valence-corrected chi connectivity index (χ3v) is 4.16. The van der Waals surface area contributed by atoms with E-state index in [0.29, 0.717) is 16.8 Å². The number of allylic oxidation sites excluding steroid dienone is 5. The summed E-state index contributed by atoms with van der Waals surface area (Å²) in [6.45, 7) is 21.3. The summed E-state index contributed by atoms with van der Waals surface area (Å²) in [7, 11) is 0. The van der Waals surface area contributed by atoms with Gasteiger partial charge in [-0.25, -0.2) is 9.98 Å². The van der Waals surface area contributed by atoms with Crippen LogP contribution in [0.4, 0.5) is 11.5 Å². The van der Waals surface area contributed by atoms with Crippen LogP contribution in [0.1, 0.15) is 38.9 Å². The topological polar surface area (TPSA) is 102 Å². The molecule has 0 radical (unpaired) electrons. The molecule has 8 heteroatoms. The normalized spacial score (nSPS) is 11.1. The Morgan fingerprint density at radius 1 is 1.39 bits per heavy atom. The molecule has 0 saturated heterocycles. The maximum absolute atomic E-state index is 11.4. The van der Waals surface area contributed by atoms with E-state index in [2.05, 4.69) is 46.5 Å². The maximum atomic E-state index is 11.4. The molecule has 0 aliphatic rings. The third kappa shape index (κ3) is 4.22. The Balaban J connectivity index is 2.48. The van der Waals surface area contributed by atoms with Crippen LogP contribution in [0.25, 0.3) is 17.1 Å². The first kappa shape index (κ1) is 20.8. The van der Waals surface area contributed by atoms with Crippen molar-refractivity contribution < 1.29 is 4.92 Å². The first-order valence-corrected chi connectivity index (χ1v) is 8.74. The van der Waals surface area contributed by atoms with Gasteiger partial charge in [0, 0.05) is 11.6 Å². The van der Waals surface area contributed by atoms with Crippen molar-refractivity contribution in [1.82, 2.24) is 19.7 Å². The number of nitrogens with one attached hydrogen (secondary N) is 1. The minimum Gasteiger partial charge on any atom is -0.334 e. The molecule has 146 valence electrons. The molecular formula is C20H24N6O2. The van der Waals surface area contributed by atoms with Crippen molar-refractivity contribution in [3.63, 3.8) is 0 Å². The van der Waals surface area contributed by atoms with E-state index in [9.17, 15) is 10.1 Å². The molecule has 0 fully saturated rings. The number of aromatic amines is 1. The summed E-state index contributed by atoms with van der Waals surface area (Å²) < 4.78 is 1.52. The lowest BCUT2D eigenvalue weighted by atomic mass is 10.0. The van der Waals surface area contributed by atoms with Gasteiger partial charge in [0.05, 0.1) is 10.6 Å². The van der Waals surface area contributed by atoms with Crippen LogP contribution in [0.3, 0.4) is 0 Å². The maximum Gasteiger partial charge on any atom is 0.318 e. The third-order valence-electron chi connectivity index (χ3n) is 4.16. The van der Waals surface area contributed by atoms with E-state index in [1.54, 1.807) is 6.08 Å². The van der Waals surface area contributed by atoms with Crippen LogP contribution in [0.2, 0.25) is 0 Å².